The predicted molar refractivity (Wildman–Crippen MR) is 60.5 cm³/mol. The molecule has 1 N–H and O–H groups in total. The van der Waals surface area contributed by atoms with Crippen molar-refractivity contribution in [2.24, 2.45) is 7.05 Å². The summed E-state index contributed by atoms with van der Waals surface area (Å²) in [4.78, 5) is 4.60. The summed E-state index contributed by atoms with van der Waals surface area (Å²) in [6.45, 7) is 3.95. The van der Waals surface area contributed by atoms with Crippen LogP contribution in [0.5, 0.6) is 0 Å². The molecule has 0 aliphatic carbocycles. The van der Waals surface area contributed by atoms with Crippen molar-refractivity contribution in [1.82, 2.24) is 24.6 Å². The van der Waals surface area contributed by atoms with Crippen LogP contribution in [0.15, 0.2) is 12.4 Å². The first-order valence-electron chi connectivity index (χ1n) is 5.52. The third-order valence-corrected chi connectivity index (χ3v) is 3.00. The van der Waals surface area contributed by atoms with E-state index < -0.39 is 0 Å². The molecular weight excluding hydrogens is 202 g/mol. The van der Waals surface area contributed by atoms with Gasteiger partial charge in [-0.2, -0.15) is 5.10 Å². The van der Waals surface area contributed by atoms with Crippen LogP contribution in [0.25, 0.3) is 5.69 Å². The fraction of sp³-hybridized carbons (Fsp3) is 0.455. The molecule has 2 aromatic heterocycles. The van der Waals surface area contributed by atoms with Gasteiger partial charge in [-0.15, -0.1) is 0 Å². The molecule has 1 aliphatic rings. The standard InChI is InChI=1S/C11H15N5/c1-8-14-10-6-12-4-3-11(10)16(8)9-5-13-15(2)7-9/h5,7,12H,3-4,6H2,1-2H3. The van der Waals surface area contributed by atoms with Gasteiger partial charge in [-0.05, 0) is 6.92 Å². The summed E-state index contributed by atoms with van der Waals surface area (Å²) in [7, 11) is 1.93. The number of aryl methyl sites for hydroxylation is 2. The molecular formula is C11H15N5. The molecule has 2 aromatic rings. The molecule has 0 spiro atoms. The highest BCUT2D eigenvalue weighted by atomic mass is 15.3. The number of hydrogen-bond acceptors (Lipinski definition) is 3. The first kappa shape index (κ1) is 9.59. The van der Waals surface area contributed by atoms with E-state index in [1.165, 1.54) is 11.4 Å². The fourth-order valence-corrected chi connectivity index (χ4v) is 2.31. The van der Waals surface area contributed by atoms with Crippen LogP contribution >= 0.6 is 0 Å². The number of nitrogens with one attached hydrogen (secondary N) is 1. The zero-order chi connectivity index (χ0) is 11.1. The molecule has 0 aromatic carbocycles. The lowest BCUT2D eigenvalue weighted by Crippen LogP contribution is -2.24. The Labute approximate surface area is 94.1 Å². The highest BCUT2D eigenvalue weighted by molar-refractivity contribution is 5.35. The SMILES string of the molecule is Cc1nc2c(n1-c1cnn(C)c1)CCNC2. The normalized spacial score (nSPS) is 15.1. The number of fused-ring (bicyclic) bond motifs is 1. The minimum absolute atomic E-state index is 0.878. The van der Waals surface area contributed by atoms with Gasteiger partial charge in [0.15, 0.2) is 0 Å². The number of hydrogen-bond donors (Lipinski definition) is 1. The van der Waals surface area contributed by atoms with E-state index in [-0.39, 0.29) is 0 Å². The van der Waals surface area contributed by atoms with Crippen LogP contribution in [0.3, 0.4) is 0 Å². The van der Waals surface area contributed by atoms with E-state index >= 15 is 0 Å². The van der Waals surface area contributed by atoms with Gasteiger partial charge in [0.1, 0.15) is 5.82 Å². The largest absolute Gasteiger partial charge is 0.311 e. The Balaban J connectivity index is 2.16. The summed E-state index contributed by atoms with van der Waals surface area (Å²) >= 11 is 0. The lowest BCUT2D eigenvalue weighted by Gasteiger charge is -2.14. The third-order valence-electron chi connectivity index (χ3n) is 3.00. The molecule has 0 fully saturated rings. The minimum atomic E-state index is 0.878. The Morgan fingerprint density at radius 1 is 1.44 bits per heavy atom. The van der Waals surface area contributed by atoms with Crippen LogP contribution in [0, 0.1) is 6.92 Å². The fourth-order valence-electron chi connectivity index (χ4n) is 2.31. The summed E-state index contributed by atoms with van der Waals surface area (Å²) in [5, 5.41) is 7.56. The maximum absolute atomic E-state index is 4.60. The average molecular weight is 217 g/mol. The Morgan fingerprint density at radius 2 is 2.31 bits per heavy atom. The maximum atomic E-state index is 4.60. The lowest BCUT2D eigenvalue weighted by atomic mass is 10.2. The number of imidazole rings is 1. The van der Waals surface area contributed by atoms with E-state index in [0.29, 0.717) is 0 Å². The second kappa shape index (κ2) is 3.45. The molecule has 5 heteroatoms. The Morgan fingerprint density at radius 3 is 3.06 bits per heavy atom. The second-order valence-corrected chi connectivity index (χ2v) is 4.19. The van der Waals surface area contributed by atoms with Gasteiger partial charge in [0, 0.05) is 38.4 Å². The molecule has 0 unspecified atom stereocenters. The van der Waals surface area contributed by atoms with E-state index in [1.807, 2.05) is 31.0 Å². The summed E-state index contributed by atoms with van der Waals surface area (Å²) < 4.78 is 4.03. The zero-order valence-electron chi connectivity index (χ0n) is 9.56. The molecule has 0 bridgehead atoms. The quantitative estimate of drug-likeness (QED) is 0.759. The molecule has 0 saturated heterocycles. The van der Waals surface area contributed by atoms with Crippen molar-refractivity contribution >= 4 is 0 Å². The van der Waals surface area contributed by atoms with Crippen LogP contribution < -0.4 is 5.32 Å². The molecule has 16 heavy (non-hydrogen) atoms. The van der Waals surface area contributed by atoms with Gasteiger partial charge in [-0.3, -0.25) is 9.25 Å². The lowest BCUT2D eigenvalue weighted by molar-refractivity contribution is 0.620. The summed E-state index contributed by atoms with van der Waals surface area (Å²) in [5.74, 6) is 1.04. The van der Waals surface area contributed by atoms with Crippen LogP contribution in [0.1, 0.15) is 17.2 Å². The van der Waals surface area contributed by atoms with Crippen molar-refractivity contribution < 1.29 is 0 Å². The van der Waals surface area contributed by atoms with Crippen molar-refractivity contribution in [1.29, 1.82) is 0 Å². The molecule has 1 aliphatic heterocycles. The molecule has 3 rings (SSSR count). The van der Waals surface area contributed by atoms with Gasteiger partial charge in [-0.25, -0.2) is 4.98 Å². The van der Waals surface area contributed by atoms with Crippen molar-refractivity contribution in [3.63, 3.8) is 0 Å². The van der Waals surface area contributed by atoms with Gasteiger partial charge >= 0.3 is 0 Å². The molecule has 3 heterocycles. The van der Waals surface area contributed by atoms with Gasteiger partial charge in [0.25, 0.3) is 0 Å². The topological polar surface area (TPSA) is 47.7 Å². The van der Waals surface area contributed by atoms with Crippen molar-refractivity contribution in [3.8, 4) is 5.69 Å². The van der Waals surface area contributed by atoms with E-state index in [1.54, 1.807) is 0 Å². The summed E-state index contributed by atoms with van der Waals surface area (Å²) in [6.07, 6.45) is 4.94. The van der Waals surface area contributed by atoms with Gasteiger partial charge in [-0.1, -0.05) is 0 Å². The maximum Gasteiger partial charge on any atom is 0.110 e. The van der Waals surface area contributed by atoms with Crippen LogP contribution in [-0.4, -0.2) is 25.9 Å². The smallest absolute Gasteiger partial charge is 0.110 e. The van der Waals surface area contributed by atoms with Crippen molar-refractivity contribution in [2.45, 2.75) is 19.9 Å². The molecule has 0 saturated carbocycles. The van der Waals surface area contributed by atoms with Crippen LogP contribution in [0.4, 0.5) is 0 Å². The molecule has 0 radical (unpaired) electrons. The zero-order valence-corrected chi connectivity index (χ0v) is 9.56. The van der Waals surface area contributed by atoms with Gasteiger partial charge in [0.2, 0.25) is 0 Å². The minimum Gasteiger partial charge on any atom is -0.311 e. The number of nitrogens with zero attached hydrogens (tertiary/aromatic N) is 4. The first-order chi connectivity index (χ1) is 7.75. The highest BCUT2D eigenvalue weighted by Crippen LogP contribution is 2.20. The highest BCUT2D eigenvalue weighted by Gasteiger charge is 2.19. The van der Waals surface area contributed by atoms with Gasteiger partial charge < -0.3 is 5.32 Å². The van der Waals surface area contributed by atoms with Crippen LogP contribution in [0.2, 0.25) is 0 Å². The van der Waals surface area contributed by atoms with Crippen molar-refractivity contribution in [3.05, 3.63) is 29.6 Å². The van der Waals surface area contributed by atoms with E-state index in [9.17, 15) is 0 Å². The molecule has 0 amide bonds. The molecule has 84 valence electrons. The van der Waals surface area contributed by atoms with Crippen LogP contribution in [-0.2, 0) is 20.0 Å². The Bertz CT molecular complexity index is 522. The Hall–Kier alpha value is -1.62. The third kappa shape index (κ3) is 1.36. The monoisotopic (exact) mass is 217 g/mol. The predicted octanol–water partition coefficient (Wildman–Crippen LogP) is 0.560. The van der Waals surface area contributed by atoms with E-state index in [0.717, 1.165) is 31.0 Å². The van der Waals surface area contributed by atoms with Gasteiger partial charge in [0.05, 0.1) is 17.6 Å². The summed E-state index contributed by atoms with van der Waals surface area (Å²) in [6, 6.07) is 0. The average Bonchev–Trinajstić information content (AvgIpc) is 2.80. The van der Waals surface area contributed by atoms with Crippen molar-refractivity contribution in [2.75, 3.05) is 6.54 Å². The molecule has 0 atom stereocenters. The first-order valence-corrected chi connectivity index (χ1v) is 5.52. The van der Waals surface area contributed by atoms with E-state index in [2.05, 4.69) is 20.0 Å². The number of rotatable bonds is 1. The summed E-state index contributed by atoms with van der Waals surface area (Å²) in [5.41, 5.74) is 3.60. The van der Waals surface area contributed by atoms with E-state index in [4.69, 9.17) is 0 Å². The number of aromatic nitrogens is 4. The molecule has 5 nitrogen and oxygen atoms in total. The Kier molecular flexibility index (Phi) is 2.07. The second-order valence-electron chi connectivity index (χ2n) is 4.19.